The van der Waals surface area contributed by atoms with Crippen molar-refractivity contribution >= 4 is 15.9 Å². The summed E-state index contributed by atoms with van der Waals surface area (Å²) in [7, 11) is -3.29. The van der Waals surface area contributed by atoms with Gasteiger partial charge in [-0.15, -0.1) is 0 Å². The summed E-state index contributed by atoms with van der Waals surface area (Å²) in [5, 5.41) is 0. The van der Waals surface area contributed by atoms with Crippen molar-refractivity contribution in [3.8, 4) is 11.1 Å². The van der Waals surface area contributed by atoms with Crippen molar-refractivity contribution in [1.29, 1.82) is 0 Å². The van der Waals surface area contributed by atoms with Crippen LogP contribution in [0.4, 0.5) is 8.78 Å². The number of carbonyl (C=O) groups is 1. The molecule has 1 aromatic heterocycles. The normalized spacial score (nSPS) is 23.6. The second-order valence-corrected chi connectivity index (χ2v) is 10.6. The molecule has 1 aliphatic heterocycles. The first kappa shape index (κ1) is 22.8. The quantitative estimate of drug-likeness (QED) is 0.738. The van der Waals surface area contributed by atoms with Crippen molar-refractivity contribution in [1.82, 2.24) is 14.6 Å². The molecule has 1 aromatic carbocycles. The largest absolute Gasteiger partial charge is 0.342 e. The van der Waals surface area contributed by atoms with Gasteiger partial charge in [-0.1, -0.05) is 6.07 Å². The Balaban J connectivity index is 1.51. The Hall–Kier alpha value is -2.39. The third-order valence-electron chi connectivity index (χ3n) is 6.23. The fourth-order valence-electron chi connectivity index (χ4n) is 4.62. The molecule has 2 heterocycles. The molecular weight excluding hydrogens is 436 g/mol. The molecule has 0 radical (unpaired) electrons. The molecule has 1 aliphatic carbocycles. The molecule has 2 aromatic rings. The van der Waals surface area contributed by atoms with Crippen molar-refractivity contribution < 1.29 is 22.0 Å². The maximum Gasteiger partial charge on any atom is 0.226 e. The van der Waals surface area contributed by atoms with E-state index in [2.05, 4.69) is 9.71 Å². The van der Waals surface area contributed by atoms with E-state index in [-0.39, 0.29) is 29.3 Å². The fraction of sp³-hybridized carbons (Fsp3) is 0.478. The average Bonchev–Trinajstić information content (AvgIpc) is 3.51. The molecule has 32 heavy (non-hydrogen) atoms. The number of benzene rings is 1. The lowest BCUT2D eigenvalue weighted by atomic mass is 9.96. The van der Waals surface area contributed by atoms with E-state index in [1.807, 2.05) is 0 Å². The zero-order valence-corrected chi connectivity index (χ0v) is 19.0. The standard InChI is InChI=1S/C23H27F2N3O3S/c1-14-11-17(22-20(24)6-3-7-21(22)25)19(13-26-14)16-12-18(16)23(29)28-9-4-5-15(8-10-28)27-32(2,30)31/h3,6-7,11,13,15-16,18,27H,4-5,8-10,12H2,1-2H3. The number of hydrogen-bond acceptors (Lipinski definition) is 4. The van der Waals surface area contributed by atoms with Crippen LogP contribution in [0.25, 0.3) is 11.1 Å². The minimum absolute atomic E-state index is 0.00976. The third-order valence-corrected chi connectivity index (χ3v) is 6.99. The number of likely N-dealkylation sites (tertiary alicyclic amines) is 1. The van der Waals surface area contributed by atoms with E-state index in [1.165, 1.54) is 18.2 Å². The topological polar surface area (TPSA) is 79.4 Å². The lowest BCUT2D eigenvalue weighted by molar-refractivity contribution is -0.132. The maximum atomic E-state index is 14.5. The van der Waals surface area contributed by atoms with Crippen LogP contribution >= 0.6 is 0 Å². The molecule has 3 unspecified atom stereocenters. The van der Waals surface area contributed by atoms with Crippen LogP contribution in [0.3, 0.4) is 0 Å². The molecule has 1 N–H and O–H groups in total. The van der Waals surface area contributed by atoms with E-state index in [0.29, 0.717) is 55.6 Å². The monoisotopic (exact) mass is 463 g/mol. The SMILES string of the molecule is Cc1cc(-c2c(F)cccc2F)c(C2CC2C(=O)N2CCCC(NS(C)(=O)=O)CC2)cn1. The van der Waals surface area contributed by atoms with Gasteiger partial charge in [-0.3, -0.25) is 9.78 Å². The Bertz CT molecular complexity index is 1120. The van der Waals surface area contributed by atoms with Crippen LogP contribution in [-0.2, 0) is 14.8 Å². The highest BCUT2D eigenvalue weighted by atomic mass is 32.2. The molecule has 9 heteroatoms. The Morgan fingerprint density at radius 3 is 2.59 bits per heavy atom. The molecule has 1 saturated heterocycles. The lowest BCUT2D eigenvalue weighted by Gasteiger charge is -2.21. The van der Waals surface area contributed by atoms with E-state index in [9.17, 15) is 22.0 Å². The average molecular weight is 464 g/mol. The van der Waals surface area contributed by atoms with Crippen LogP contribution < -0.4 is 4.72 Å². The maximum absolute atomic E-state index is 14.5. The molecule has 6 nitrogen and oxygen atoms in total. The highest BCUT2D eigenvalue weighted by Gasteiger charge is 2.47. The fourth-order valence-corrected chi connectivity index (χ4v) is 5.46. The molecule has 3 atom stereocenters. The van der Waals surface area contributed by atoms with Crippen LogP contribution in [0.5, 0.6) is 0 Å². The van der Waals surface area contributed by atoms with Gasteiger partial charge >= 0.3 is 0 Å². The summed E-state index contributed by atoms with van der Waals surface area (Å²) in [5.41, 5.74) is 1.69. The molecular formula is C23H27F2N3O3S. The Morgan fingerprint density at radius 2 is 1.91 bits per heavy atom. The lowest BCUT2D eigenvalue weighted by Crippen LogP contribution is -2.36. The minimum Gasteiger partial charge on any atom is -0.342 e. The zero-order valence-electron chi connectivity index (χ0n) is 18.1. The number of aromatic nitrogens is 1. The van der Waals surface area contributed by atoms with Crippen LogP contribution in [-0.4, -0.2) is 49.6 Å². The van der Waals surface area contributed by atoms with Crippen molar-refractivity contribution in [3.05, 3.63) is 53.4 Å². The zero-order chi connectivity index (χ0) is 23.0. The van der Waals surface area contributed by atoms with Gasteiger partial charge < -0.3 is 4.90 Å². The number of rotatable bonds is 5. The van der Waals surface area contributed by atoms with Gasteiger partial charge in [0.2, 0.25) is 15.9 Å². The minimum atomic E-state index is -3.29. The summed E-state index contributed by atoms with van der Waals surface area (Å²) >= 11 is 0. The van der Waals surface area contributed by atoms with Crippen molar-refractivity contribution in [3.63, 3.8) is 0 Å². The number of halogens is 2. The van der Waals surface area contributed by atoms with Crippen LogP contribution in [0.2, 0.25) is 0 Å². The summed E-state index contributed by atoms with van der Waals surface area (Å²) < 4.78 is 54.6. The smallest absolute Gasteiger partial charge is 0.226 e. The molecule has 2 fully saturated rings. The first-order valence-electron chi connectivity index (χ1n) is 10.8. The predicted molar refractivity (Wildman–Crippen MR) is 117 cm³/mol. The van der Waals surface area contributed by atoms with Gasteiger partial charge in [0.25, 0.3) is 0 Å². The Labute approximate surface area is 187 Å². The third kappa shape index (κ3) is 4.99. The molecule has 0 bridgehead atoms. The van der Waals surface area contributed by atoms with Gasteiger partial charge in [0.05, 0.1) is 11.8 Å². The van der Waals surface area contributed by atoms with Crippen molar-refractivity contribution in [2.24, 2.45) is 5.92 Å². The van der Waals surface area contributed by atoms with Gasteiger partial charge in [0.1, 0.15) is 11.6 Å². The van der Waals surface area contributed by atoms with Gasteiger partial charge in [-0.05, 0) is 67.9 Å². The van der Waals surface area contributed by atoms with E-state index < -0.39 is 21.7 Å². The first-order chi connectivity index (χ1) is 15.1. The number of nitrogens with one attached hydrogen (secondary N) is 1. The summed E-state index contributed by atoms with van der Waals surface area (Å²) in [4.78, 5) is 19.3. The molecule has 1 saturated carbocycles. The van der Waals surface area contributed by atoms with Gasteiger partial charge in [0, 0.05) is 36.9 Å². The molecule has 172 valence electrons. The number of pyridine rings is 1. The first-order valence-corrected chi connectivity index (χ1v) is 12.7. The molecule has 0 spiro atoms. The van der Waals surface area contributed by atoms with Crippen LogP contribution in [0.15, 0.2) is 30.5 Å². The number of carbonyl (C=O) groups excluding carboxylic acids is 1. The molecule has 1 amide bonds. The van der Waals surface area contributed by atoms with E-state index in [1.54, 1.807) is 24.1 Å². The van der Waals surface area contributed by atoms with Crippen molar-refractivity contribution in [2.45, 2.75) is 44.6 Å². The second kappa shape index (κ2) is 8.86. The summed E-state index contributed by atoms with van der Waals surface area (Å²) in [6, 6.07) is 5.28. The molecule has 2 aliphatic rings. The van der Waals surface area contributed by atoms with Crippen molar-refractivity contribution in [2.75, 3.05) is 19.3 Å². The number of amides is 1. The predicted octanol–water partition coefficient (Wildman–Crippen LogP) is 3.37. The number of sulfonamides is 1. The highest BCUT2D eigenvalue weighted by Crippen LogP contribution is 2.51. The molecule has 4 rings (SSSR count). The van der Waals surface area contributed by atoms with Crippen LogP contribution in [0, 0.1) is 24.5 Å². The number of nitrogens with zero attached hydrogens (tertiary/aromatic N) is 2. The van der Waals surface area contributed by atoms with E-state index in [0.717, 1.165) is 6.26 Å². The highest BCUT2D eigenvalue weighted by molar-refractivity contribution is 7.88. The van der Waals surface area contributed by atoms with Gasteiger partial charge in [-0.2, -0.15) is 0 Å². The summed E-state index contributed by atoms with van der Waals surface area (Å²) in [6.07, 6.45) is 5.34. The van der Waals surface area contributed by atoms with Gasteiger partial charge in [0.15, 0.2) is 0 Å². The second-order valence-electron chi connectivity index (χ2n) is 8.80. The number of hydrogen-bond donors (Lipinski definition) is 1. The Morgan fingerprint density at radius 1 is 1.19 bits per heavy atom. The van der Waals surface area contributed by atoms with Crippen LogP contribution in [0.1, 0.15) is 42.9 Å². The van der Waals surface area contributed by atoms with E-state index >= 15 is 0 Å². The number of aryl methyl sites for hydroxylation is 1. The van der Waals surface area contributed by atoms with E-state index in [4.69, 9.17) is 0 Å². The summed E-state index contributed by atoms with van der Waals surface area (Å²) in [5.74, 6) is -1.67. The van der Waals surface area contributed by atoms with Gasteiger partial charge in [-0.25, -0.2) is 21.9 Å². The Kier molecular flexibility index (Phi) is 6.31. The summed E-state index contributed by atoms with van der Waals surface area (Å²) in [6.45, 7) is 2.82.